The largest absolute Gasteiger partial charge is 0.271 e. The molecule has 0 amide bonds. The van der Waals surface area contributed by atoms with Crippen molar-refractivity contribution in [1.29, 1.82) is 0 Å². The molecule has 1 aromatic carbocycles. The van der Waals surface area contributed by atoms with Gasteiger partial charge in [-0.25, -0.2) is 0 Å². The van der Waals surface area contributed by atoms with Gasteiger partial charge in [0.25, 0.3) is 0 Å². The molecule has 1 saturated carbocycles. The van der Waals surface area contributed by atoms with E-state index in [2.05, 4.69) is 49.6 Å². The highest BCUT2D eigenvalue weighted by atomic mass is 15.2. The Bertz CT molecular complexity index is 336. The number of hydrogen-bond donors (Lipinski definition) is 2. The predicted octanol–water partition coefficient (Wildman–Crippen LogP) is 3.26. The topological polar surface area (TPSA) is 38.0 Å². The molecule has 0 aliphatic heterocycles. The first kappa shape index (κ1) is 12.6. The van der Waals surface area contributed by atoms with E-state index in [9.17, 15) is 0 Å². The molecule has 4 unspecified atom stereocenters. The van der Waals surface area contributed by atoms with Crippen LogP contribution in [0.3, 0.4) is 0 Å². The molecular formula is C15H24N2. The SMILES string of the molecule is CC1CCC(C(NN)c2ccccc2)CC1C. The molecule has 0 saturated heterocycles. The van der Waals surface area contributed by atoms with Crippen molar-refractivity contribution >= 4 is 0 Å². The monoisotopic (exact) mass is 232 g/mol. The Kier molecular flexibility index (Phi) is 4.19. The molecule has 1 fully saturated rings. The molecule has 0 heterocycles. The highest BCUT2D eigenvalue weighted by molar-refractivity contribution is 5.19. The van der Waals surface area contributed by atoms with E-state index < -0.39 is 0 Å². The van der Waals surface area contributed by atoms with Crippen LogP contribution in [0.1, 0.15) is 44.7 Å². The summed E-state index contributed by atoms with van der Waals surface area (Å²) in [4.78, 5) is 0. The van der Waals surface area contributed by atoms with Crippen LogP contribution < -0.4 is 11.3 Å². The third-order valence-electron chi connectivity index (χ3n) is 4.45. The van der Waals surface area contributed by atoms with E-state index in [0.29, 0.717) is 12.0 Å². The second-order valence-electron chi connectivity index (χ2n) is 5.58. The Morgan fingerprint density at radius 1 is 1.12 bits per heavy atom. The molecule has 17 heavy (non-hydrogen) atoms. The molecule has 3 N–H and O–H groups in total. The lowest BCUT2D eigenvalue weighted by Gasteiger charge is -2.36. The zero-order chi connectivity index (χ0) is 12.3. The first-order valence-corrected chi connectivity index (χ1v) is 6.73. The highest BCUT2D eigenvalue weighted by Crippen LogP contribution is 2.39. The van der Waals surface area contributed by atoms with Gasteiger partial charge in [-0.15, -0.1) is 0 Å². The first-order chi connectivity index (χ1) is 8.22. The number of nitrogens with one attached hydrogen (secondary N) is 1. The van der Waals surface area contributed by atoms with E-state index >= 15 is 0 Å². The maximum atomic E-state index is 5.77. The molecular weight excluding hydrogens is 208 g/mol. The molecule has 2 nitrogen and oxygen atoms in total. The molecule has 0 spiro atoms. The molecule has 94 valence electrons. The van der Waals surface area contributed by atoms with E-state index in [4.69, 9.17) is 5.84 Å². The lowest BCUT2D eigenvalue weighted by molar-refractivity contribution is 0.171. The average Bonchev–Trinajstić information content (AvgIpc) is 2.36. The number of nitrogens with two attached hydrogens (primary N) is 1. The van der Waals surface area contributed by atoms with Gasteiger partial charge in [-0.3, -0.25) is 11.3 Å². The summed E-state index contributed by atoms with van der Waals surface area (Å²) in [7, 11) is 0. The van der Waals surface area contributed by atoms with E-state index in [-0.39, 0.29) is 0 Å². The van der Waals surface area contributed by atoms with Gasteiger partial charge in [-0.1, -0.05) is 50.6 Å². The van der Waals surface area contributed by atoms with Crippen molar-refractivity contribution in [3.8, 4) is 0 Å². The van der Waals surface area contributed by atoms with E-state index in [1.54, 1.807) is 0 Å². The third kappa shape index (κ3) is 2.88. The van der Waals surface area contributed by atoms with Gasteiger partial charge < -0.3 is 0 Å². The maximum Gasteiger partial charge on any atom is 0.0488 e. The highest BCUT2D eigenvalue weighted by Gasteiger charge is 2.30. The Morgan fingerprint density at radius 3 is 2.41 bits per heavy atom. The van der Waals surface area contributed by atoms with Crippen LogP contribution in [0.2, 0.25) is 0 Å². The van der Waals surface area contributed by atoms with Gasteiger partial charge >= 0.3 is 0 Å². The smallest absolute Gasteiger partial charge is 0.0488 e. The van der Waals surface area contributed by atoms with Gasteiger partial charge in [-0.2, -0.15) is 0 Å². The second kappa shape index (κ2) is 5.65. The molecule has 0 bridgehead atoms. The van der Waals surface area contributed by atoms with E-state index in [1.165, 1.54) is 24.8 Å². The van der Waals surface area contributed by atoms with Crippen molar-refractivity contribution in [2.75, 3.05) is 0 Å². The summed E-state index contributed by atoms with van der Waals surface area (Å²) in [5.74, 6) is 8.12. The lowest BCUT2D eigenvalue weighted by Crippen LogP contribution is -2.36. The van der Waals surface area contributed by atoms with Crippen molar-refractivity contribution in [1.82, 2.24) is 5.43 Å². The molecule has 1 aliphatic rings. The fourth-order valence-corrected chi connectivity index (χ4v) is 3.06. The van der Waals surface area contributed by atoms with E-state index in [0.717, 1.165) is 11.8 Å². The average molecular weight is 232 g/mol. The Hall–Kier alpha value is -0.860. The molecule has 1 aliphatic carbocycles. The van der Waals surface area contributed by atoms with Crippen LogP contribution in [-0.4, -0.2) is 0 Å². The zero-order valence-corrected chi connectivity index (χ0v) is 10.9. The molecule has 1 aromatic rings. The normalized spacial score (nSPS) is 31.1. The van der Waals surface area contributed by atoms with Gasteiger partial charge in [0.15, 0.2) is 0 Å². The van der Waals surface area contributed by atoms with Gasteiger partial charge in [0.2, 0.25) is 0 Å². The van der Waals surface area contributed by atoms with Gasteiger partial charge in [0.1, 0.15) is 0 Å². The molecule has 0 radical (unpaired) electrons. The third-order valence-corrected chi connectivity index (χ3v) is 4.45. The predicted molar refractivity (Wildman–Crippen MR) is 72.2 cm³/mol. The second-order valence-corrected chi connectivity index (χ2v) is 5.58. The van der Waals surface area contributed by atoms with Gasteiger partial charge in [-0.05, 0) is 36.2 Å². The van der Waals surface area contributed by atoms with Crippen LogP contribution >= 0.6 is 0 Å². The molecule has 4 atom stereocenters. The summed E-state index contributed by atoms with van der Waals surface area (Å²) in [6, 6.07) is 10.9. The summed E-state index contributed by atoms with van der Waals surface area (Å²) in [5.41, 5.74) is 4.34. The van der Waals surface area contributed by atoms with Crippen molar-refractivity contribution < 1.29 is 0 Å². The zero-order valence-electron chi connectivity index (χ0n) is 10.9. The minimum absolute atomic E-state index is 0.311. The van der Waals surface area contributed by atoms with Crippen molar-refractivity contribution in [2.45, 2.75) is 39.2 Å². The van der Waals surface area contributed by atoms with Crippen LogP contribution in [0.25, 0.3) is 0 Å². The van der Waals surface area contributed by atoms with Crippen molar-refractivity contribution in [2.24, 2.45) is 23.6 Å². The Morgan fingerprint density at radius 2 is 1.82 bits per heavy atom. The summed E-state index contributed by atoms with van der Waals surface area (Å²) < 4.78 is 0. The number of benzene rings is 1. The summed E-state index contributed by atoms with van der Waals surface area (Å²) in [6.07, 6.45) is 3.90. The molecule has 0 aromatic heterocycles. The Labute approximate surface area is 105 Å². The molecule has 2 rings (SSSR count). The van der Waals surface area contributed by atoms with Crippen LogP contribution in [0.4, 0.5) is 0 Å². The van der Waals surface area contributed by atoms with Crippen LogP contribution in [0.15, 0.2) is 30.3 Å². The minimum atomic E-state index is 0.311. The minimum Gasteiger partial charge on any atom is -0.271 e. The first-order valence-electron chi connectivity index (χ1n) is 6.73. The van der Waals surface area contributed by atoms with Crippen molar-refractivity contribution in [3.05, 3.63) is 35.9 Å². The molecule has 2 heteroatoms. The Balaban J connectivity index is 2.09. The quantitative estimate of drug-likeness (QED) is 0.620. The fraction of sp³-hybridized carbons (Fsp3) is 0.600. The van der Waals surface area contributed by atoms with Gasteiger partial charge in [0.05, 0.1) is 0 Å². The lowest BCUT2D eigenvalue weighted by atomic mass is 9.72. The van der Waals surface area contributed by atoms with Crippen LogP contribution in [0, 0.1) is 17.8 Å². The standard InChI is InChI=1S/C15H24N2/c1-11-8-9-14(10-12(11)2)15(17-16)13-6-4-3-5-7-13/h3-7,11-12,14-15,17H,8-10,16H2,1-2H3. The maximum absolute atomic E-state index is 5.77. The van der Waals surface area contributed by atoms with Gasteiger partial charge in [0, 0.05) is 6.04 Å². The number of hydrazine groups is 1. The number of hydrogen-bond acceptors (Lipinski definition) is 2. The van der Waals surface area contributed by atoms with Crippen LogP contribution in [-0.2, 0) is 0 Å². The van der Waals surface area contributed by atoms with Crippen LogP contribution in [0.5, 0.6) is 0 Å². The van der Waals surface area contributed by atoms with E-state index in [1.807, 2.05) is 0 Å². The summed E-state index contributed by atoms with van der Waals surface area (Å²) in [6.45, 7) is 4.74. The summed E-state index contributed by atoms with van der Waals surface area (Å²) >= 11 is 0. The number of rotatable bonds is 3. The summed E-state index contributed by atoms with van der Waals surface area (Å²) in [5, 5.41) is 0. The van der Waals surface area contributed by atoms with Crippen molar-refractivity contribution in [3.63, 3.8) is 0 Å². The fourth-order valence-electron chi connectivity index (χ4n) is 3.06.